The summed E-state index contributed by atoms with van der Waals surface area (Å²) < 4.78 is 53.3. The van der Waals surface area contributed by atoms with Crippen LogP contribution < -0.4 is 5.73 Å². The van der Waals surface area contributed by atoms with E-state index in [9.17, 15) is 17.6 Å². The summed E-state index contributed by atoms with van der Waals surface area (Å²) in [6, 6.07) is 1.15. The van der Waals surface area contributed by atoms with Crippen LogP contribution in [0.25, 0.3) is 0 Å². The molecular formula is C16H23F4N. The van der Waals surface area contributed by atoms with Crippen molar-refractivity contribution in [2.75, 3.05) is 5.73 Å². The molecule has 0 fully saturated rings. The first-order valence-corrected chi connectivity index (χ1v) is 7.35. The van der Waals surface area contributed by atoms with Crippen LogP contribution in [0.5, 0.6) is 0 Å². The summed E-state index contributed by atoms with van der Waals surface area (Å²) in [5, 5.41) is 0. The molecular weight excluding hydrogens is 282 g/mol. The van der Waals surface area contributed by atoms with Gasteiger partial charge in [0.05, 0.1) is 11.3 Å². The Labute approximate surface area is 123 Å². The molecule has 0 aliphatic rings. The van der Waals surface area contributed by atoms with Gasteiger partial charge in [0.25, 0.3) is 0 Å². The van der Waals surface area contributed by atoms with Crippen molar-refractivity contribution < 1.29 is 17.6 Å². The van der Waals surface area contributed by atoms with Gasteiger partial charge in [0.15, 0.2) is 0 Å². The van der Waals surface area contributed by atoms with Gasteiger partial charge in [0.2, 0.25) is 0 Å². The zero-order valence-corrected chi connectivity index (χ0v) is 12.8. The number of benzene rings is 1. The van der Waals surface area contributed by atoms with Crippen LogP contribution in [-0.2, 0) is 6.18 Å². The Bertz CT molecular complexity index is 480. The second kappa shape index (κ2) is 7.14. The Kier molecular flexibility index (Phi) is 6.05. The van der Waals surface area contributed by atoms with Crippen molar-refractivity contribution in [3.63, 3.8) is 0 Å². The molecule has 21 heavy (non-hydrogen) atoms. The van der Waals surface area contributed by atoms with Gasteiger partial charge in [-0.05, 0) is 36.5 Å². The Morgan fingerprint density at radius 3 is 2.33 bits per heavy atom. The summed E-state index contributed by atoms with van der Waals surface area (Å²) in [4.78, 5) is 0. The third-order valence-electron chi connectivity index (χ3n) is 3.86. The summed E-state index contributed by atoms with van der Waals surface area (Å²) in [6.45, 7) is 4.96. The standard InChI is InChI=1S/C16H23F4N/c1-4-5-6-7-8-10(2)12-9-13(21)15(17)11(3)14(12)16(18,19)20/h9-10H,4-8,21H2,1-3H3. The molecule has 0 saturated heterocycles. The lowest BCUT2D eigenvalue weighted by molar-refractivity contribution is -0.139. The molecule has 0 amide bonds. The number of hydrogen-bond donors (Lipinski definition) is 1. The summed E-state index contributed by atoms with van der Waals surface area (Å²) in [6.07, 6.45) is 0.0912. The average molecular weight is 305 g/mol. The summed E-state index contributed by atoms with van der Waals surface area (Å²) in [5.41, 5.74) is 4.13. The quantitative estimate of drug-likeness (QED) is 0.400. The fraction of sp³-hybridized carbons (Fsp3) is 0.625. The first-order valence-electron chi connectivity index (χ1n) is 7.35. The summed E-state index contributed by atoms with van der Waals surface area (Å²) >= 11 is 0. The smallest absolute Gasteiger partial charge is 0.396 e. The zero-order valence-electron chi connectivity index (χ0n) is 12.8. The minimum absolute atomic E-state index is 0.107. The van der Waals surface area contributed by atoms with Crippen LogP contribution in [0, 0.1) is 12.7 Å². The number of nitrogen functional groups attached to an aromatic ring is 1. The first kappa shape index (κ1) is 17.8. The van der Waals surface area contributed by atoms with Crippen LogP contribution in [0.4, 0.5) is 23.2 Å². The molecule has 0 saturated carbocycles. The number of anilines is 1. The lowest BCUT2D eigenvalue weighted by atomic mass is 9.88. The third kappa shape index (κ3) is 4.35. The minimum Gasteiger partial charge on any atom is -0.396 e. The Morgan fingerprint density at radius 2 is 1.81 bits per heavy atom. The normalized spacial score (nSPS) is 13.5. The van der Waals surface area contributed by atoms with Crippen molar-refractivity contribution in [2.45, 2.75) is 65.0 Å². The molecule has 5 heteroatoms. The van der Waals surface area contributed by atoms with Crippen LogP contribution in [0.3, 0.4) is 0 Å². The van der Waals surface area contributed by atoms with Crippen molar-refractivity contribution in [1.29, 1.82) is 0 Å². The number of halogens is 4. The number of hydrogen-bond acceptors (Lipinski definition) is 1. The molecule has 0 aliphatic heterocycles. The van der Waals surface area contributed by atoms with E-state index in [0.717, 1.165) is 38.7 Å². The fourth-order valence-corrected chi connectivity index (χ4v) is 2.64. The Morgan fingerprint density at radius 1 is 1.19 bits per heavy atom. The monoisotopic (exact) mass is 305 g/mol. The van der Waals surface area contributed by atoms with Gasteiger partial charge < -0.3 is 5.73 Å². The third-order valence-corrected chi connectivity index (χ3v) is 3.86. The van der Waals surface area contributed by atoms with E-state index < -0.39 is 23.1 Å². The Hall–Kier alpha value is -1.26. The molecule has 1 atom stereocenters. The van der Waals surface area contributed by atoms with Crippen molar-refractivity contribution >= 4 is 5.69 Å². The van der Waals surface area contributed by atoms with E-state index >= 15 is 0 Å². The molecule has 1 rings (SSSR count). The highest BCUT2D eigenvalue weighted by Crippen LogP contribution is 2.41. The fourth-order valence-electron chi connectivity index (χ4n) is 2.64. The SMILES string of the molecule is CCCCCCC(C)c1cc(N)c(F)c(C)c1C(F)(F)F. The number of rotatable bonds is 6. The van der Waals surface area contributed by atoms with E-state index in [0.29, 0.717) is 6.42 Å². The van der Waals surface area contributed by atoms with Crippen LogP contribution in [-0.4, -0.2) is 0 Å². The van der Waals surface area contributed by atoms with E-state index in [1.54, 1.807) is 6.92 Å². The second-order valence-corrected chi connectivity index (χ2v) is 5.62. The highest BCUT2D eigenvalue weighted by Gasteiger charge is 2.37. The molecule has 1 aromatic carbocycles. The number of unbranched alkanes of at least 4 members (excludes halogenated alkanes) is 3. The second-order valence-electron chi connectivity index (χ2n) is 5.62. The van der Waals surface area contributed by atoms with E-state index in [1.165, 1.54) is 0 Å². The van der Waals surface area contributed by atoms with Crippen molar-refractivity contribution in [2.24, 2.45) is 0 Å². The lowest BCUT2D eigenvalue weighted by Crippen LogP contribution is -2.16. The summed E-state index contributed by atoms with van der Waals surface area (Å²) in [5.74, 6) is -1.26. The molecule has 2 N–H and O–H groups in total. The number of nitrogens with two attached hydrogens (primary N) is 1. The van der Waals surface area contributed by atoms with Gasteiger partial charge in [-0.3, -0.25) is 0 Å². The molecule has 0 spiro atoms. The zero-order chi connectivity index (χ0) is 16.2. The molecule has 1 aromatic rings. The van der Waals surface area contributed by atoms with Gasteiger partial charge in [-0.15, -0.1) is 0 Å². The predicted octanol–water partition coefficient (Wildman–Crippen LogP) is 5.81. The molecule has 0 heterocycles. The highest BCUT2D eigenvalue weighted by atomic mass is 19.4. The van der Waals surface area contributed by atoms with E-state index in [4.69, 9.17) is 5.73 Å². The molecule has 0 aliphatic carbocycles. The van der Waals surface area contributed by atoms with E-state index in [-0.39, 0.29) is 17.2 Å². The van der Waals surface area contributed by atoms with Crippen molar-refractivity contribution in [1.82, 2.24) is 0 Å². The molecule has 1 nitrogen and oxygen atoms in total. The van der Waals surface area contributed by atoms with Gasteiger partial charge in [0, 0.05) is 0 Å². The van der Waals surface area contributed by atoms with Crippen LogP contribution in [0.1, 0.15) is 68.6 Å². The van der Waals surface area contributed by atoms with Crippen LogP contribution >= 0.6 is 0 Å². The molecule has 0 aromatic heterocycles. The molecule has 0 bridgehead atoms. The summed E-state index contributed by atoms with van der Waals surface area (Å²) in [7, 11) is 0. The van der Waals surface area contributed by atoms with E-state index in [1.807, 2.05) is 0 Å². The van der Waals surface area contributed by atoms with Gasteiger partial charge in [-0.1, -0.05) is 39.5 Å². The molecule has 120 valence electrons. The minimum atomic E-state index is -4.56. The lowest BCUT2D eigenvalue weighted by Gasteiger charge is -2.22. The topological polar surface area (TPSA) is 26.0 Å². The van der Waals surface area contributed by atoms with Gasteiger partial charge >= 0.3 is 6.18 Å². The number of alkyl halides is 3. The van der Waals surface area contributed by atoms with Crippen molar-refractivity contribution in [3.8, 4) is 0 Å². The van der Waals surface area contributed by atoms with Crippen LogP contribution in [0.15, 0.2) is 6.07 Å². The predicted molar refractivity (Wildman–Crippen MR) is 77.7 cm³/mol. The maximum Gasteiger partial charge on any atom is 0.417 e. The van der Waals surface area contributed by atoms with Crippen LogP contribution in [0.2, 0.25) is 0 Å². The first-order chi connectivity index (χ1) is 9.70. The van der Waals surface area contributed by atoms with Gasteiger partial charge in [-0.2, -0.15) is 13.2 Å². The van der Waals surface area contributed by atoms with Gasteiger partial charge in [-0.25, -0.2) is 4.39 Å². The van der Waals surface area contributed by atoms with E-state index in [2.05, 4.69) is 6.92 Å². The Balaban J connectivity index is 3.10. The maximum absolute atomic E-state index is 13.7. The molecule has 1 unspecified atom stereocenters. The van der Waals surface area contributed by atoms with Gasteiger partial charge in [0.1, 0.15) is 5.82 Å². The maximum atomic E-state index is 13.7. The molecule has 0 radical (unpaired) electrons. The average Bonchev–Trinajstić information content (AvgIpc) is 2.38. The highest BCUT2D eigenvalue weighted by molar-refractivity contribution is 5.53. The largest absolute Gasteiger partial charge is 0.417 e. The van der Waals surface area contributed by atoms with Crippen molar-refractivity contribution in [3.05, 3.63) is 28.6 Å².